The third-order valence-electron chi connectivity index (χ3n) is 2.83. The molecule has 2 unspecified atom stereocenters. The molecular weight excluding hydrogens is 208 g/mol. The highest BCUT2D eigenvalue weighted by atomic mass is 32.2. The van der Waals surface area contributed by atoms with Crippen LogP contribution < -0.4 is 5.73 Å². The number of piperidine rings is 1. The predicted molar refractivity (Wildman–Crippen MR) is 66.0 cm³/mol. The van der Waals surface area contributed by atoms with Gasteiger partial charge in [-0.05, 0) is 18.8 Å². The number of nitrogens with zero attached hydrogens (tertiary/aromatic N) is 1. The van der Waals surface area contributed by atoms with E-state index in [1.165, 1.54) is 6.42 Å². The van der Waals surface area contributed by atoms with Gasteiger partial charge in [0.2, 0.25) is 5.91 Å². The van der Waals surface area contributed by atoms with Crippen LogP contribution in [0.4, 0.5) is 0 Å². The van der Waals surface area contributed by atoms with Gasteiger partial charge < -0.3 is 10.6 Å². The van der Waals surface area contributed by atoms with Crippen molar-refractivity contribution in [3.05, 3.63) is 0 Å². The van der Waals surface area contributed by atoms with Crippen molar-refractivity contribution in [2.24, 2.45) is 11.7 Å². The van der Waals surface area contributed by atoms with E-state index in [0.717, 1.165) is 19.5 Å². The molecule has 0 aromatic heterocycles. The number of thioether (sulfide) groups is 1. The normalized spacial score (nSPS) is 23.9. The van der Waals surface area contributed by atoms with Gasteiger partial charge in [-0.15, -0.1) is 11.8 Å². The fourth-order valence-corrected chi connectivity index (χ4v) is 2.53. The number of hydrogen-bond donors (Lipinski definition) is 1. The monoisotopic (exact) mass is 230 g/mol. The number of nitrogens with two attached hydrogens (primary N) is 1. The standard InChI is InChI=1S/C11H22N2OS/c1-9-4-3-5-13(7-9)11(14)8-15-10(2)6-12/h9-10H,3-8,12H2,1-2H3. The smallest absolute Gasteiger partial charge is 0.232 e. The third-order valence-corrected chi connectivity index (χ3v) is 4.01. The van der Waals surface area contributed by atoms with Crippen LogP contribution >= 0.6 is 11.8 Å². The van der Waals surface area contributed by atoms with Crippen molar-refractivity contribution in [3.63, 3.8) is 0 Å². The molecule has 0 saturated carbocycles. The predicted octanol–water partition coefficient (Wildman–Crippen LogP) is 1.33. The Morgan fingerprint density at radius 2 is 2.40 bits per heavy atom. The lowest BCUT2D eigenvalue weighted by atomic mass is 10.0. The average Bonchev–Trinajstić information content (AvgIpc) is 2.25. The third kappa shape index (κ3) is 4.43. The SMILES string of the molecule is CC1CCCN(C(=O)CSC(C)CN)C1. The number of hydrogen-bond acceptors (Lipinski definition) is 3. The summed E-state index contributed by atoms with van der Waals surface area (Å²) < 4.78 is 0. The highest BCUT2D eigenvalue weighted by Crippen LogP contribution is 2.17. The number of carbonyl (C=O) groups is 1. The molecular formula is C11H22N2OS. The van der Waals surface area contributed by atoms with Gasteiger partial charge in [-0.3, -0.25) is 4.79 Å². The molecule has 1 rings (SSSR count). The molecule has 0 aliphatic carbocycles. The Kier molecular flexibility index (Phi) is 5.47. The highest BCUT2D eigenvalue weighted by Gasteiger charge is 2.20. The Morgan fingerprint density at radius 1 is 1.67 bits per heavy atom. The van der Waals surface area contributed by atoms with Crippen LogP contribution in [-0.4, -0.2) is 41.4 Å². The van der Waals surface area contributed by atoms with Crippen LogP contribution in [0, 0.1) is 5.92 Å². The first-order valence-electron chi connectivity index (χ1n) is 5.73. The van der Waals surface area contributed by atoms with Crippen LogP contribution in [0.15, 0.2) is 0 Å². The minimum absolute atomic E-state index is 0.284. The highest BCUT2D eigenvalue weighted by molar-refractivity contribution is 8.00. The summed E-state index contributed by atoms with van der Waals surface area (Å²) in [7, 11) is 0. The maximum Gasteiger partial charge on any atom is 0.232 e. The number of amides is 1. The van der Waals surface area contributed by atoms with Crippen LogP contribution in [0.2, 0.25) is 0 Å². The largest absolute Gasteiger partial charge is 0.342 e. The molecule has 0 aromatic carbocycles. The fourth-order valence-electron chi connectivity index (χ4n) is 1.79. The molecule has 1 aliphatic rings. The van der Waals surface area contributed by atoms with Gasteiger partial charge in [-0.25, -0.2) is 0 Å². The average molecular weight is 230 g/mol. The zero-order valence-corrected chi connectivity index (χ0v) is 10.6. The van der Waals surface area contributed by atoms with E-state index in [9.17, 15) is 4.79 Å². The topological polar surface area (TPSA) is 46.3 Å². The van der Waals surface area contributed by atoms with E-state index in [2.05, 4.69) is 13.8 Å². The Morgan fingerprint density at radius 3 is 3.00 bits per heavy atom. The van der Waals surface area contributed by atoms with Crippen molar-refractivity contribution in [1.82, 2.24) is 4.90 Å². The van der Waals surface area contributed by atoms with Gasteiger partial charge in [0.1, 0.15) is 0 Å². The van der Waals surface area contributed by atoms with Crippen LogP contribution in [0.25, 0.3) is 0 Å². The van der Waals surface area contributed by atoms with Gasteiger partial charge in [0.05, 0.1) is 5.75 Å². The quantitative estimate of drug-likeness (QED) is 0.792. The molecule has 1 fully saturated rings. The molecule has 1 amide bonds. The second-order valence-electron chi connectivity index (χ2n) is 4.44. The first kappa shape index (κ1) is 12.8. The summed E-state index contributed by atoms with van der Waals surface area (Å²) in [6.07, 6.45) is 2.42. The second kappa shape index (κ2) is 6.38. The summed E-state index contributed by atoms with van der Waals surface area (Å²) in [6.45, 7) is 6.82. The van der Waals surface area contributed by atoms with Crippen molar-refractivity contribution in [1.29, 1.82) is 0 Å². The van der Waals surface area contributed by atoms with Crippen molar-refractivity contribution >= 4 is 17.7 Å². The lowest BCUT2D eigenvalue weighted by molar-refractivity contribution is -0.130. The maximum absolute atomic E-state index is 11.8. The van der Waals surface area contributed by atoms with Crippen LogP contribution in [0.3, 0.4) is 0 Å². The van der Waals surface area contributed by atoms with E-state index in [4.69, 9.17) is 5.73 Å². The second-order valence-corrected chi connectivity index (χ2v) is 5.87. The molecule has 1 saturated heterocycles. The minimum atomic E-state index is 0.284. The summed E-state index contributed by atoms with van der Waals surface area (Å²) in [4.78, 5) is 13.8. The van der Waals surface area contributed by atoms with Gasteiger partial charge in [0.15, 0.2) is 0 Å². The molecule has 1 aliphatic heterocycles. The minimum Gasteiger partial charge on any atom is -0.342 e. The van der Waals surface area contributed by atoms with Gasteiger partial charge in [0, 0.05) is 24.9 Å². The summed E-state index contributed by atoms with van der Waals surface area (Å²) in [5.74, 6) is 1.54. The van der Waals surface area contributed by atoms with Crippen molar-refractivity contribution < 1.29 is 4.79 Å². The Hall–Kier alpha value is -0.220. The molecule has 2 atom stereocenters. The molecule has 3 nitrogen and oxygen atoms in total. The van der Waals surface area contributed by atoms with E-state index < -0.39 is 0 Å². The first-order chi connectivity index (χ1) is 7.13. The van der Waals surface area contributed by atoms with E-state index in [-0.39, 0.29) is 5.91 Å². The molecule has 88 valence electrons. The van der Waals surface area contributed by atoms with Crippen molar-refractivity contribution in [2.45, 2.75) is 31.9 Å². The molecule has 1 heterocycles. The Labute approximate surface area is 96.8 Å². The number of carbonyl (C=O) groups excluding carboxylic acids is 1. The van der Waals surface area contributed by atoms with Gasteiger partial charge in [-0.1, -0.05) is 13.8 Å². The van der Waals surface area contributed by atoms with Crippen molar-refractivity contribution in [2.75, 3.05) is 25.4 Å². The van der Waals surface area contributed by atoms with Crippen LogP contribution in [-0.2, 0) is 4.79 Å². The molecule has 4 heteroatoms. The zero-order valence-electron chi connectivity index (χ0n) is 9.74. The van der Waals surface area contributed by atoms with E-state index in [0.29, 0.717) is 23.5 Å². The van der Waals surface area contributed by atoms with Gasteiger partial charge in [0.25, 0.3) is 0 Å². The van der Waals surface area contributed by atoms with Gasteiger partial charge in [-0.2, -0.15) is 0 Å². The summed E-state index contributed by atoms with van der Waals surface area (Å²) in [5, 5.41) is 0.385. The van der Waals surface area contributed by atoms with Crippen molar-refractivity contribution in [3.8, 4) is 0 Å². The molecule has 2 N–H and O–H groups in total. The number of rotatable bonds is 4. The Balaban J connectivity index is 2.26. The lowest BCUT2D eigenvalue weighted by Gasteiger charge is -2.31. The van der Waals surface area contributed by atoms with Crippen LogP contribution in [0.5, 0.6) is 0 Å². The zero-order chi connectivity index (χ0) is 11.3. The maximum atomic E-state index is 11.8. The summed E-state index contributed by atoms with van der Waals surface area (Å²) in [6, 6.07) is 0. The van der Waals surface area contributed by atoms with E-state index >= 15 is 0 Å². The molecule has 0 radical (unpaired) electrons. The summed E-state index contributed by atoms with van der Waals surface area (Å²) in [5.41, 5.74) is 5.51. The molecule has 0 aromatic rings. The molecule has 0 bridgehead atoms. The first-order valence-corrected chi connectivity index (χ1v) is 6.77. The lowest BCUT2D eigenvalue weighted by Crippen LogP contribution is -2.40. The molecule has 0 spiro atoms. The fraction of sp³-hybridized carbons (Fsp3) is 0.909. The summed E-state index contributed by atoms with van der Waals surface area (Å²) >= 11 is 1.66. The van der Waals surface area contributed by atoms with Gasteiger partial charge >= 0.3 is 0 Å². The number of likely N-dealkylation sites (tertiary alicyclic amines) is 1. The van der Waals surface area contributed by atoms with E-state index in [1.807, 2.05) is 4.90 Å². The van der Waals surface area contributed by atoms with Crippen LogP contribution in [0.1, 0.15) is 26.7 Å². The van der Waals surface area contributed by atoms with E-state index in [1.54, 1.807) is 11.8 Å². The Bertz CT molecular complexity index is 211. The molecule has 15 heavy (non-hydrogen) atoms.